The van der Waals surface area contributed by atoms with E-state index >= 15 is 0 Å². The number of hydrogen-bond donors (Lipinski definition) is 2. The van der Waals surface area contributed by atoms with E-state index in [9.17, 15) is 10.0 Å². The van der Waals surface area contributed by atoms with Crippen molar-refractivity contribution in [2.45, 2.75) is 38.1 Å². The van der Waals surface area contributed by atoms with Gasteiger partial charge in [0.25, 0.3) is 0 Å². The molecule has 1 aliphatic rings. The van der Waals surface area contributed by atoms with Gasteiger partial charge in [-0.3, -0.25) is 4.79 Å². The standard InChI is InChI=1S/C10H19N3O5/c14-8-9-4-3-6-12(9)13(17)11-18-7-2-1-5-10(15)16/h9,14H,1-8H2,(H,15,16)/t9-/m0/s1. The van der Waals surface area contributed by atoms with E-state index in [0.717, 1.165) is 12.8 Å². The van der Waals surface area contributed by atoms with Crippen molar-refractivity contribution < 1.29 is 24.8 Å². The van der Waals surface area contributed by atoms with Crippen LogP contribution in [0.5, 0.6) is 0 Å². The predicted octanol–water partition coefficient (Wildman–Crippen LogP) is 0.507. The van der Waals surface area contributed by atoms with Crippen LogP contribution in [0.3, 0.4) is 0 Å². The van der Waals surface area contributed by atoms with Crippen molar-refractivity contribution in [2.24, 2.45) is 5.28 Å². The van der Waals surface area contributed by atoms with Gasteiger partial charge in [0.15, 0.2) is 0 Å². The van der Waals surface area contributed by atoms with Crippen LogP contribution < -0.4 is 0 Å². The molecule has 0 aromatic heterocycles. The van der Waals surface area contributed by atoms with Gasteiger partial charge in [-0.15, -0.1) is 5.01 Å². The summed E-state index contributed by atoms with van der Waals surface area (Å²) in [6.07, 6.45) is 2.73. The fourth-order valence-corrected chi connectivity index (χ4v) is 1.81. The van der Waals surface area contributed by atoms with Crippen LogP contribution in [0.15, 0.2) is 5.28 Å². The Bertz CT molecular complexity index is 297. The maximum absolute atomic E-state index is 11.5. The van der Waals surface area contributed by atoms with E-state index in [-0.39, 0.29) is 25.7 Å². The molecule has 0 unspecified atom stereocenters. The summed E-state index contributed by atoms with van der Waals surface area (Å²) in [5.74, 6) is -0.847. The molecule has 0 aromatic rings. The highest BCUT2D eigenvalue weighted by atomic mass is 16.7. The number of aliphatic carboxylic acids is 1. The molecule has 1 fully saturated rings. The molecule has 104 valence electrons. The number of hydrogen-bond acceptors (Lipinski definition) is 5. The van der Waals surface area contributed by atoms with Crippen molar-refractivity contribution in [1.29, 1.82) is 0 Å². The lowest BCUT2D eigenvalue weighted by Gasteiger charge is -2.17. The monoisotopic (exact) mass is 261 g/mol. The highest BCUT2D eigenvalue weighted by Gasteiger charge is 2.30. The van der Waals surface area contributed by atoms with Crippen LogP contribution >= 0.6 is 0 Å². The molecule has 0 saturated carbocycles. The van der Waals surface area contributed by atoms with E-state index in [0.29, 0.717) is 24.4 Å². The summed E-state index contributed by atoms with van der Waals surface area (Å²) in [6, 6.07) is -0.193. The third-order valence-electron chi connectivity index (χ3n) is 2.78. The summed E-state index contributed by atoms with van der Waals surface area (Å²) >= 11 is 0. The first-order valence-corrected chi connectivity index (χ1v) is 6.04. The average molecular weight is 261 g/mol. The van der Waals surface area contributed by atoms with Gasteiger partial charge in [0.1, 0.15) is 12.6 Å². The molecule has 8 heteroatoms. The Kier molecular flexibility index (Phi) is 6.20. The fourth-order valence-electron chi connectivity index (χ4n) is 1.81. The van der Waals surface area contributed by atoms with Crippen molar-refractivity contribution in [1.82, 2.24) is 5.01 Å². The zero-order valence-electron chi connectivity index (χ0n) is 10.2. The first-order valence-electron chi connectivity index (χ1n) is 6.04. The van der Waals surface area contributed by atoms with Crippen LogP contribution in [0.4, 0.5) is 0 Å². The molecule has 2 N–H and O–H groups in total. The Morgan fingerprint density at radius 3 is 3.00 bits per heavy atom. The third-order valence-corrected chi connectivity index (χ3v) is 2.78. The van der Waals surface area contributed by atoms with Gasteiger partial charge in [0, 0.05) is 6.42 Å². The van der Waals surface area contributed by atoms with Crippen LogP contribution in [0.2, 0.25) is 0 Å². The first kappa shape index (κ1) is 14.5. The van der Waals surface area contributed by atoms with Gasteiger partial charge in [-0.1, -0.05) is 0 Å². The van der Waals surface area contributed by atoms with Crippen molar-refractivity contribution >= 4 is 5.97 Å². The second-order valence-corrected chi connectivity index (χ2v) is 4.16. The molecule has 0 aromatic carbocycles. The fraction of sp³-hybridized carbons (Fsp3) is 0.900. The molecule has 1 saturated heterocycles. The minimum atomic E-state index is -0.847. The molecule has 8 nitrogen and oxygen atoms in total. The quantitative estimate of drug-likeness (QED) is 0.285. The zero-order valence-corrected chi connectivity index (χ0v) is 10.2. The number of hydrazine groups is 1. The van der Waals surface area contributed by atoms with Gasteiger partial charge in [-0.05, 0) is 25.7 Å². The molecule has 1 rings (SSSR count). The van der Waals surface area contributed by atoms with E-state index in [2.05, 4.69) is 5.28 Å². The number of carboxylic acid groups (broad SMARTS) is 1. The van der Waals surface area contributed by atoms with Crippen molar-refractivity contribution in [3.05, 3.63) is 5.21 Å². The molecular formula is C10H19N3O5. The van der Waals surface area contributed by atoms with Crippen LogP contribution in [0.1, 0.15) is 32.1 Å². The predicted molar refractivity (Wildman–Crippen MR) is 60.3 cm³/mol. The zero-order chi connectivity index (χ0) is 13.4. The van der Waals surface area contributed by atoms with Crippen molar-refractivity contribution in [3.63, 3.8) is 0 Å². The number of nitrogens with zero attached hydrogens (tertiary/aromatic N) is 3. The highest BCUT2D eigenvalue weighted by molar-refractivity contribution is 5.66. The van der Waals surface area contributed by atoms with Gasteiger partial charge >= 0.3 is 5.97 Å². The second kappa shape index (κ2) is 7.70. The number of aliphatic hydroxyl groups excluding tert-OH is 1. The summed E-state index contributed by atoms with van der Waals surface area (Å²) in [5, 5.41) is 33.7. The Morgan fingerprint density at radius 2 is 2.33 bits per heavy atom. The Morgan fingerprint density at radius 1 is 1.56 bits per heavy atom. The van der Waals surface area contributed by atoms with Crippen LogP contribution in [0, 0.1) is 5.21 Å². The maximum Gasteiger partial charge on any atom is 0.303 e. The molecule has 0 radical (unpaired) electrons. The molecule has 0 amide bonds. The lowest BCUT2D eigenvalue weighted by Crippen LogP contribution is -2.37. The van der Waals surface area contributed by atoms with Gasteiger partial charge < -0.3 is 20.3 Å². The Balaban J connectivity index is 2.19. The van der Waals surface area contributed by atoms with Crippen LogP contribution in [-0.4, -0.2) is 52.0 Å². The summed E-state index contributed by atoms with van der Waals surface area (Å²) in [5.41, 5.74) is 0. The number of carboxylic acids is 1. The first-order chi connectivity index (χ1) is 8.65. The van der Waals surface area contributed by atoms with Crippen LogP contribution in [0.25, 0.3) is 0 Å². The van der Waals surface area contributed by atoms with E-state index in [1.807, 2.05) is 0 Å². The molecule has 1 aliphatic heterocycles. The SMILES string of the molecule is O=C(O)CCCCON=[N+]([O-])N1CCC[C@H]1CO. The number of rotatable bonds is 8. The van der Waals surface area contributed by atoms with E-state index < -0.39 is 5.97 Å². The lowest BCUT2D eigenvalue weighted by atomic mass is 10.2. The van der Waals surface area contributed by atoms with Crippen molar-refractivity contribution in [3.8, 4) is 0 Å². The molecule has 18 heavy (non-hydrogen) atoms. The van der Waals surface area contributed by atoms with Gasteiger partial charge in [0.2, 0.25) is 5.28 Å². The number of aliphatic hydroxyl groups is 1. The van der Waals surface area contributed by atoms with E-state index in [1.54, 1.807) is 0 Å². The van der Waals surface area contributed by atoms with E-state index in [4.69, 9.17) is 15.1 Å². The Labute approximate surface area is 105 Å². The van der Waals surface area contributed by atoms with E-state index in [1.165, 1.54) is 5.01 Å². The number of carbonyl (C=O) groups is 1. The number of unbranched alkanes of at least 4 members (excludes halogenated alkanes) is 1. The molecular weight excluding hydrogens is 242 g/mol. The Hall–Kier alpha value is -1.57. The largest absolute Gasteiger partial charge is 0.569 e. The molecule has 0 spiro atoms. The summed E-state index contributed by atoms with van der Waals surface area (Å²) in [6.45, 7) is 0.692. The normalized spacial score (nSPS) is 20.2. The maximum atomic E-state index is 11.5. The summed E-state index contributed by atoms with van der Waals surface area (Å²) in [4.78, 5) is 15.4. The van der Waals surface area contributed by atoms with Crippen LogP contribution in [-0.2, 0) is 9.63 Å². The lowest BCUT2D eigenvalue weighted by molar-refractivity contribution is -0.714. The van der Waals surface area contributed by atoms with Gasteiger partial charge in [-0.2, -0.15) is 0 Å². The molecule has 0 bridgehead atoms. The average Bonchev–Trinajstić information content (AvgIpc) is 2.81. The summed E-state index contributed by atoms with van der Waals surface area (Å²) < 4.78 is 0. The molecule has 1 atom stereocenters. The summed E-state index contributed by atoms with van der Waals surface area (Å²) in [7, 11) is 0. The smallest absolute Gasteiger partial charge is 0.303 e. The van der Waals surface area contributed by atoms with Crippen molar-refractivity contribution in [2.75, 3.05) is 19.8 Å². The topological polar surface area (TPSA) is 108 Å². The molecule has 0 aliphatic carbocycles. The third kappa shape index (κ3) is 4.74. The van der Waals surface area contributed by atoms with Gasteiger partial charge in [0.05, 0.1) is 18.1 Å². The minimum absolute atomic E-state index is 0.0765. The highest BCUT2D eigenvalue weighted by Crippen LogP contribution is 2.16. The van der Waals surface area contributed by atoms with Gasteiger partial charge in [-0.25, -0.2) is 0 Å². The molecule has 1 heterocycles. The minimum Gasteiger partial charge on any atom is -0.569 e. The second-order valence-electron chi connectivity index (χ2n) is 4.16.